The van der Waals surface area contributed by atoms with Gasteiger partial charge >= 0.3 is 0 Å². The van der Waals surface area contributed by atoms with Crippen molar-refractivity contribution < 1.29 is 19.1 Å². The summed E-state index contributed by atoms with van der Waals surface area (Å²) in [5.74, 6) is 3.59. The van der Waals surface area contributed by atoms with E-state index >= 15 is 0 Å². The number of hydrogen-bond donors (Lipinski definition) is 2. The van der Waals surface area contributed by atoms with Crippen LogP contribution in [0.3, 0.4) is 0 Å². The Balaban J connectivity index is 1.82. The summed E-state index contributed by atoms with van der Waals surface area (Å²) in [5.41, 5.74) is 6.28. The van der Waals surface area contributed by atoms with Crippen LogP contribution in [-0.4, -0.2) is 26.7 Å². The molecule has 0 aromatic heterocycles. The van der Waals surface area contributed by atoms with Gasteiger partial charge in [0.05, 0.1) is 19.9 Å². The number of methoxy groups -OCH3 is 1. The van der Waals surface area contributed by atoms with E-state index in [1.807, 2.05) is 36.4 Å². The standard InChI is InChI=1S/C23H26N2O4/c1-5-14-29-21-12-8-18(15-22(21)27-3)9-13-23(26)24-16-19-6-10-20(11-7-19)17(2)25-28-4/h1,6-8,10-12,15,25H,2,9,13-14,16H2,3-4H3,(H,24,26). The van der Waals surface area contributed by atoms with Gasteiger partial charge in [0, 0.05) is 13.0 Å². The molecule has 0 saturated carbocycles. The smallest absolute Gasteiger partial charge is 0.220 e. The van der Waals surface area contributed by atoms with E-state index in [1.54, 1.807) is 13.2 Å². The lowest BCUT2D eigenvalue weighted by molar-refractivity contribution is -0.121. The predicted molar refractivity (Wildman–Crippen MR) is 113 cm³/mol. The highest BCUT2D eigenvalue weighted by molar-refractivity contribution is 5.76. The summed E-state index contributed by atoms with van der Waals surface area (Å²) in [6.45, 7) is 4.51. The minimum absolute atomic E-state index is 0.0221. The monoisotopic (exact) mass is 394 g/mol. The molecule has 2 aromatic rings. The number of benzene rings is 2. The van der Waals surface area contributed by atoms with Crippen molar-refractivity contribution in [2.75, 3.05) is 20.8 Å². The Morgan fingerprint density at radius 2 is 1.83 bits per heavy atom. The third kappa shape index (κ3) is 6.91. The second kappa shape index (κ2) is 11.4. The minimum Gasteiger partial charge on any atom is -0.493 e. The van der Waals surface area contributed by atoms with Crippen LogP contribution in [0.5, 0.6) is 11.5 Å². The van der Waals surface area contributed by atoms with Crippen LogP contribution in [0.25, 0.3) is 5.70 Å². The molecule has 1 amide bonds. The zero-order chi connectivity index (χ0) is 21.1. The Labute approximate surface area is 171 Å². The average Bonchev–Trinajstić information content (AvgIpc) is 2.75. The first-order valence-corrected chi connectivity index (χ1v) is 9.14. The number of rotatable bonds is 11. The van der Waals surface area contributed by atoms with Crippen LogP contribution in [0.1, 0.15) is 23.1 Å². The van der Waals surface area contributed by atoms with Gasteiger partial charge in [-0.3, -0.25) is 15.1 Å². The normalized spacial score (nSPS) is 9.97. The third-order valence-corrected chi connectivity index (χ3v) is 4.20. The van der Waals surface area contributed by atoms with Gasteiger partial charge in [-0.1, -0.05) is 42.8 Å². The van der Waals surface area contributed by atoms with E-state index in [1.165, 1.54) is 7.11 Å². The molecule has 0 bridgehead atoms. The molecular weight excluding hydrogens is 368 g/mol. The highest BCUT2D eigenvalue weighted by Crippen LogP contribution is 2.28. The Morgan fingerprint density at radius 1 is 1.10 bits per heavy atom. The van der Waals surface area contributed by atoms with Crippen LogP contribution in [0.4, 0.5) is 0 Å². The summed E-state index contributed by atoms with van der Waals surface area (Å²) in [6, 6.07) is 13.3. The molecule has 6 heteroatoms. The highest BCUT2D eigenvalue weighted by atomic mass is 16.6. The highest BCUT2D eigenvalue weighted by Gasteiger charge is 2.08. The zero-order valence-electron chi connectivity index (χ0n) is 16.8. The minimum atomic E-state index is -0.0221. The second-order valence-corrected chi connectivity index (χ2v) is 6.24. The van der Waals surface area contributed by atoms with Gasteiger partial charge in [-0.15, -0.1) is 6.42 Å². The van der Waals surface area contributed by atoms with Gasteiger partial charge in [0.25, 0.3) is 0 Å². The number of ether oxygens (including phenoxy) is 2. The number of nitrogens with one attached hydrogen (secondary N) is 2. The number of aryl methyl sites for hydroxylation is 1. The number of hydrogen-bond acceptors (Lipinski definition) is 5. The molecule has 0 fully saturated rings. The fraction of sp³-hybridized carbons (Fsp3) is 0.261. The van der Waals surface area contributed by atoms with Crippen LogP contribution in [0.2, 0.25) is 0 Å². The summed E-state index contributed by atoms with van der Waals surface area (Å²) in [4.78, 5) is 17.0. The average molecular weight is 394 g/mol. The van der Waals surface area contributed by atoms with Crippen molar-refractivity contribution in [3.8, 4) is 23.8 Å². The maximum absolute atomic E-state index is 12.2. The number of carbonyl (C=O) groups is 1. The number of carbonyl (C=O) groups excluding carboxylic acids is 1. The van der Waals surface area contributed by atoms with Crippen LogP contribution in [-0.2, 0) is 22.6 Å². The third-order valence-electron chi connectivity index (χ3n) is 4.20. The van der Waals surface area contributed by atoms with E-state index in [-0.39, 0.29) is 12.5 Å². The van der Waals surface area contributed by atoms with Crippen LogP contribution < -0.4 is 20.3 Å². The van der Waals surface area contributed by atoms with E-state index in [0.29, 0.717) is 36.6 Å². The van der Waals surface area contributed by atoms with E-state index in [9.17, 15) is 4.79 Å². The number of hydroxylamine groups is 1. The van der Waals surface area contributed by atoms with Gasteiger partial charge in [0.15, 0.2) is 11.5 Å². The molecule has 0 aliphatic rings. The lowest BCUT2D eigenvalue weighted by Gasteiger charge is -2.11. The van der Waals surface area contributed by atoms with Crippen molar-refractivity contribution in [2.24, 2.45) is 0 Å². The Bertz CT molecular complexity index is 869. The maximum atomic E-state index is 12.2. The summed E-state index contributed by atoms with van der Waals surface area (Å²) in [6.07, 6.45) is 6.18. The molecular formula is C23H26N2O4. The Morgan fingerprint density at radius 3 is 2.48 bits per heavy atom. The Hall–Kier alpha value is -3.43. The molecule has 6 nitrogen and oxygen atoms in total. The predicted octanol–water partition coefficient (Wildman–Crippen LogP) is 3.08. The van der Waals surface area contributed by atoms with Gasteiger partial charge in [0.1, 0.15) is 6.61 Å². The van der Waals surface area contributed by atoms with Crippen molar-refractivity contribution in [3.05, 3.63) is 65.7 Å². The molecule has 2 N–H and O–H groups in total. The van der Waals surface area contributed by atoms with Crippen molar-refractivity contribution in [3.63, 3.8) is 0 Å². The molecule has 0 saturated heterocycles. The molecule has 0 heterocycles. The van der Waals surface area contributed by atoms with E-state index in [0.717, 1.165) is 16.7 Å². The summed E-state index contributed by atoms with van der Waals surface area (Å²) >= 11 is 0. The van der Waals surface area contributed by atoms with Gasteiger partial charge in [-0.05, 0) is 35.2 Å². The maximum Gasteiger partial charge on any atom is 0.220 e. The molecule has 0 radical (unpaired) electrons. The number of amides is 1. The first kappa shape index (κ1) is 21.9. The molecule has 0 aliphatic heterocycles. The van der Waals surface area contributed by atoms with Crippen molar-refractivity contribution >= 4 is 11.6 Å². The molecule has 29 heavy (non-hydrogen) atoms. The lowest BCUT2D eigenvalue weighted by Crippen LogP contribution is -2.23. The summed E-state index contributed by atoms with van der Waals surface area (Å²) < 4.78 is 10.7. The topological polar surface area (TPSA) is 68.8 Å². The van der Waals surface area contributed by atoms with Crippen molar-refractivity contribution in [1.82, 2.24) is 10.8 Å². The quantitative estimate of drug-likeness (QED) is 0.453. The van der Waals surface area contributed by atoms with Crippen LogP contribution in [0, 0.1) is 12.3 Å². The van der Waals surface area contributed by atoms with Crippen LogP contribution in [0.15, 0.2) is 49.0 Å². The fourth-order valence-corrected chi connectivity index (χ4v) is 2.66. The molecule has 0 unspecified atom stereocenters. The van der Waals surface area contributed by atoms with E-state index in [4.69, 9.17) is 20.7 Å². The SMILES string of the molecule is C#CCOc1ccc(CCC(=O)NCc2ccc(C(=C)NOC)cc2)cc1OC. The van der Waals surface area contributed by atoms with Crippen molar-refractivity contribution in [1.29, 1.82) is 0 Å². The fourth-order valence-electron chi connectivity index (χ4n) is 2.66. The molecule has 2 aromatic carbocycles. The second-order valence-electron chi connectivity index (χ2n) is 6.24. The first-order chi connectivity index (χ1) is 14.1. The first-order valence-electron chi connectivity index (χ1n) is 9.14. The van der Waals surface area contributed by atoms with E-state index in [2.05, 4.69) is 23.3 Å². The molecule has 152 valence electrons. The summed E-state index contributed by atoms with van der Waals surface area (Å²) in [5, 5.41) is 2.93. The number of terminal acetylenes is 1. The molecule has 2 rings (SSSR count). The van der Waals surface area contributed by atoms with Crippen molar-refractivity contribution in [2.45, 2.75) is 19.4 Å². The summed E-state index contributed by atoms with van der Waals surface area (Å²) in [7, 11) is 3.10. The largest absolute Gasteiger partial charge is 0.493 e. The lowest BCUT2D eigenvalue weighted by atomic mass is 10.1. The molecule has 0 spiro atoms. The van der Waals surface area contributed by atoms with Gasteiger partial charge in [-0.25, -0.2) is 0 Å². The van der Waals surface area contributed by atoms with Crippen LogP contribution >= 0.6 is 0 Å². The van der Waals surface area contributed by atoms with Gasteiger partial charge < -0.3 is 14.8 Å². The van der Waals surface area contributed by atoms with Gasteiger partial charge in [-0.2, -0.15) is 0 Å². The molecule has 0 atom stereocenters. The zero-order valence-corrected chi connectivity index (χ0v) is 16.8. The van der Waals surface area contributed by atoms with Gasteiger partial charge in [0.2, 0.25) is 5.91 Å². The Kier molecular flexibility index (Phi) is 8.61. The molecule has 0 aliphatic carbocycles. The van der Waals surface area contributed by atoms with E-state index < -0.39 is 0 Å².